The third kappa shape index (κ3) is 2.76. The molecule has 0 radical (unpaired) electrons. The second-order valence-electron chi connectivity index (χ2n) is 3.63. The molecule has 1 aromatic rings. The number of hydrogen-bond acceptors (Lipinski definition) is 3. The van der Waals surface area contributed by atoms with E-state index in [2.05, 4.69) is 31.5 Å². The Hall–Kier alpha value is -1.01. The van der Waals surface area contributed by atoms with Crippen molar-refractivity contribution >= 4 is 27.7 Å². The number of nitrogens with one attached hydrogen (secondary N) is 2. The summed E-state index contributed by atoms with van der Waals surface area (Å²) in [6.07, 6.45) is -0.717. The van der Waals surface area contributed by atoms with Crippen molar-refractivity contribution in [3.63, 3.8) is 0 Å². The van der Waals surface area contributed by atoms with Gasteiger partial charge in [0.25, 0.3) is 0 Å². The molecule has 1 fully saturated rings. The molecule has 4 nitrogen and oxygen atoms in total. The zero-order valence-electron chi connectivity index (χ0n) is 8.41. The van der Waals surface area contributed by atoms with E-state index in [0.29, 0.717) is 10.4 Å². The summed E-state index contributed by atoms with van der Waals surface area (Å²) in [5.74, 6) is 0.217. The summed E-state index contributed by atoms with van der Waals surface area (Å²) >= 11 is 3.21. The summed E-state index contributed by atoms with van der Waals surface area (Å²) in [6.45, 7) is 0.240. The van der Waals surface area contributed by atoms with Gasteiger partial charge in [0.2, 0.25) is 5.91 Å². The van der Waals surface area contributed by atoms with Crippen molar-refractivity contribution in [3.05, 3.63) is 22.8 Å². The zero-order chi connectivity index (χ0) is 11.5. The number of amides is 1. The van der Waals surface area contributed by atoms with Crippen LogP contribution in [0, 0.1) is 0 Å². The van der Waals surface area contributed by atoms with Crippen LogP contribution in [0.2, 0.25) is 0 Å². The largest absolute Gasteiger partial charge is 0.309 e. The number of aromatic nitrogens is 1. The first kappa shape index (κ1) is 11.5. The highest BCUT2D eigenvalue weighted by atomic mass is 79.9. The quantitative estimate of drug-likeness (QED) is 0.811. The van der Waals surface area contributed by atoms with Crippen LogP contribution in [0.5, 0.6) is 0 Å². The minimum atomic E-state index is -0.939. The molecule has 6 heteroatoms. The van der Waals surface area contributed by atoms with Crippen molar-refractivity contribution in [2.24, 2.45) is 0 Å². The van der Waals surface area contributed by atoms with Gasteiger partial charge in [0.05, 0.1) is 6.04 Å². The fourth-order valence-corrected chi connectivity index (χ4v) is 1.93. The third-order valence-electron chi connectivity index (χ3n) is 2.36. The Morgan fingerprint density at radius 1 is 1.62 bits per heavy atom. The molecule has 1 unspecified atom stereocenters. The molecule has 1 aliphatic heterocycles. The van der Waals surface area contributed by atoms with Crippen LogP contribution in [0.25, 0.3) is 0 Å². The number of anilines is 1. The molecule has 1 aliphatic rings. The average molecular weight is 288 g/mol. The van der Waals surface area contributed by atoms with Crippen LogP contribution in [-0.2, 0) is 4.79 Å². The maximum atomic E-state index is 12.9. The standard InChI is InChI=1S/C10H11BrFN3O/c11-8-2-1-3-9(14-8)15-10(16)7-4-6(12)5-13-7/h1-3,6-7,13H,4-5H2,(H,14,15,16)/t6-,7?/m1/s1. The molecule has 2 heterocycles. The minimum absolute atomic E-state index is 0.222. The Morgan fingerprint density at radius 3 is 3.06 bits per heavy atom. The SMILES string of the molecule is O=C(Nc1cccc(Br)n1)C1C[C@@H](F)CN1. The van der Waals surface area contributed by atoms with Crippen LogP contribution in [0.15, 0.2) is 22.8 Å². The van der Waals surface area contributed by atoms with Crippen LogP contribution in [-0.4, -0.2) is 29.6 Å². The van der Waals surface area contributed by atoms with Crippen molar-refractivity contribution < 1.29 is 9.18 Å². The molecule has 0 aliphatic carbocycles. The van der Waals surface area contributed by atoms with Gasteiger partial charge in [-0.3, -0.25) is 4.79 Å². The van der Waals surface area contributed by atoms with Crippen LogP contribution < -0.4 is 10.6 Å². The number of hydrogen-bond donors (Lipinski definition) is 2. The van der Waals surface area contributed by atoms with Gasteiger partial charge >= 0.3 is 0 Å². The summed E-state index contributed by atoms with van der Waals surface area (Å²) in [6, 6.07) is 4.76. The molecule has 0 bridgehead atoms. The summed E-state index contributed by atoms with van der Waals surface area (Å²) < 4.78 is 13.5. The predicted molar refractivity (Wildman–Crippen MR) is 61.9 cm³/mol. The van der Waals surface area contributed by atoms with E-state index in [0.717, 1.165) is 0 Å². The Kier molecular flexibility index (Phi) is 3.50. The van der Waals surface area contributed by atoms with E-state index in [1.165, 1.54) is 0 Å². The van der Waals surface area contributed by atoms with Crippen LogP contribution in [0.1, 0.15) is 6.42 Å². The maximum Gasteiger partial charge on any atom is 0.242 e. The maximum absolute atomic E-state index is 12.9. The molecule has 0 saturated carbocycles. The van der Waals surface area contributed by atoms with E-state index in [1.54, 1.807) is 18.2 Å². The van der Waals surface area contributed by atoms with Crippen molar-refractivity contribution in [2.75, 3.05) is 11.9 Å². The molecular formula is C10H11BrFN3O. The van der Waals surface area contributed by atoms with Crippen molar-refractivity contribution in [3.8, 4) is 0 Å². The Balaban J connectivity index is 1.97. The Morgan fingerprint density at radius 2 is 2.44 bits per heavy atom. The number of pyridine rings is 1. The Bertz CT molecular complexity index is 401. The smallest absolute Gasteiger partial charge is 0.242 e. The highest BCUT2D eigenvalue weighted by Gasteiger charge is 2.29. The lowest BCUT2D eigenvalue weighted by molar-refractivity contribution is -0.117. The fraction of sp³-hybridized carbons (Fsp3) is 0.400. The molecule has 2 atom stereocenters. The lowest BCUT2D eigenvalue weighted by atomic mass is 10.2. The second kappa shape index (κ2) is 4.88. The monoisotopic (exact) mass is 287 g/mol. The van der Waals surface area contributed by atoms with Crippen molar-refractivity contribution in [1.29, 1.82) is 0 Å². The van der Waals surface area contributed by atoms with E-state index in [1.807, 2.05) is 0 Å². The molecular weight excluding hydrogens is 277 g/mol. The van der Waals surface area contributed by atoms with E-state index in [-0.39, 0.29) is 18.9 Å². The van der Waals surface area contributed by atoms with E-state index in [4.69, 9.17) is 0 Å². The number of carbonyl (C=O) groups is 1. The summed E-state index contributed by atoms with van der Waals surface area (Å²) in [7, 11) is 0. The van der Waals surface area contributed by atoms with Gasteiger partial charge in [-0.2, -0.15) is 0 Å². The molecule has 16 heavy (non-hydrogen) atoms. The van der Waals surface area contributed by atoms with Gasteiger partial charge in [0, 0.05) is 13.0 Å². The van der Waals surface area contributed by atoms with Gasteiger partial charge in [-0.15, -0.1) is 0 Å². The van der Waals surface area contributed by atoms with E-state index < -0.39 is 12.2 Å². The Labute approximate surface area is 101 Å². The normalized spacial score (nSPS) is 24.4. The lowest BCUT2D eigenvalue weighted by Crippen LogP contribution is -2.35. The first-order valence-electron chi connectivity index (χ1n) is 4.96. The zero-order valence-corrected chi connectivity index (χ0v) is 10.00. The summed E-state index contributed by atoms with van der Waals surface area (Å²) in [5.41, 5.74) is 0. The van der Waals surface area contributed by atoms with E-state index in [9.17, 15) is 9.18 Å². The van der Waals surface area contributed by atoms with Gasteiger partial charge in [0.1, 0.15) is 16.6 Å². The van der Waals surface area contributed by atoms with Crippen molar-refractivity contribution in [1.82, 2.24) is 10.3 Å². The predicted octanol–water partition coefficient (Wildman–Crippen LogP) is 1.48. The molecule has 0 aromatic carbocycles. The van der Waals surface area contributed by atoms with Gasteiger partial charge < -0.3 is 10.6 Å². The highest BCUT2D eigenvalue weighted by molar-refractivity contribution is 9.10. The first-order valence-corrected chi connectivity index (χ1v) is 5.75. The second-order valence-corrected chi connectivity index (χ2v) is 4.44. The number of rotatable bonds is 2. The van der Waals surface area contributed by atoms with Gasteiger partial charge in [-0.1, -0.05) is 6.07 Å². The van der Waals surface area contributed by atoms with Gasteiger partial charge in [0.15, 0.2) is 0 Å². The van der Waals surface area contributed by atoms with Crippen LogP contribution in [0.4, 0.5) is 10.2 Å². The number of halogens is 2. The molecule has 0 spiro atoms. The first-order chi connectivity index (χ1) is 7.65. The topological polar surface area (TPSA) is 54.0 Å². The molecule has 1 saturated heterocycles. The summed E-state index contributed by atoms with van der Waals surface area (Å²) in [5, 5.41) is 5.45. The summed E-state index contributed by atoms with van der Waals surface area (Å²) in [4.78, 5) is 15.7. The molecule has 2 rings (SSSR count). The number of alkyl halides is 1. The van der Waals surface area contributed by atoms with Gasteiger partial charge in [-0.25, -0.2) is 9.37 Å². The van der Waals surface area contributed by atoms with Crippen LogP contribution in [0.3, 0.4) is 0 Å². The molecule has 1 aromatic heterocycles. The fourth-order valence-electron chi connectivity index (χ4n) is 1.58. The molecule has 86 valence electrons. The lowest BCUT2D eigenvalue weighted by Gasteiger charge is -2.10. The van der Waals surface area contributed by atoms with Crippen molar-refractivity contribution in [2.45, 2.75) is 18.6 Å². The molecule has 2 N–H and O–H groups in total. The van der Waals surface area contributed by atoms with E-state index >= 15 is 0 Å². The number of carbonyl (C=O) groups excluding carboxylic acids is 1. The van der Waals surface area contributed by atoms with Crippen LogP contribution >= 0.6 is 15.9 Å². The average Bonchev–Trinajstić information content (AvgIpc) is 2.65. The number of nitrogens with zero attached hydrogens (tertiary/aromatic N) is 1. The molecule has 1 amide bonds. The third-order valence-corrected chi connectivity index (χ3v) is 2.80. The highest BCUT2D eigenvalue weighted by Crippen LogP contribution is 2.14. The van der Waals surface area contributed by atoms with Gasteiger partial charge in [-0.05, 0) is 28.1 Å². The minimum Gasteiger partial charge on any atom is -0.309 e.